The average molecular weight is 417 g/mol. The molecule has 1 nitrogen and oxygen atoms in total. The number of hydrogen-bond acceptors (Lipinski definition) is 0. The molecule has 4 bridgehead atoms. The molecule has 0 spiro atoms. The molecule has 0 aliphatic carbocycles. The summed E-state index contributed by atoms with van der Waals surface area (Å²) >= 11 is 0. The Labute approximate surface area is 191 Å². The van der Waals surface area contributed by atoms with E-state index in [4.69, 9.17) is 0 Å². The smallest absolute Gasteiger partial charge is 0.104 e. The van der Waals surface area contributed by atoms with Gasteiger partial charge in [-0.1, -0.05) is 109 Å². The summed E-state index contributed by atoms with van der Waals surface area (Å²) in [6.45, 7) is 2.16. The van der Waals surface area contributed by atoms with Gasteiger partial charge in [-0.05, 0) is 39.0 Å². The van der Waals surface area contributed by atoms with Crippen LogP contribution in [0.1, 0.15) is 33.4 Å². The molecule has 0 fully saturated rings. The zero-order valence-electron chi connectivity index (χ0n) is 19.0. The Morgan fingerprint density at radius 1 is 0.469 bits per heavy atom. The number of nitrogens with zero attached hydrogens (tertiary/aromatic N) is 1. The summed E-state index contributed by atoms with van der Waals surface area (Å²) in [5, 5.41) is 0. The fraction of sp³-hybridized carbons (Fsp3) is 0.161. The normalized spacial score (nSPS) is 17.8. The zero-order valence-corrected chi connectivity index (χ0v) is 19.0. The highest BCUT2D eigenvalue weighted by Gasteiger charge is 2.20. The van der Waals surface area contributed by atoms with Crippen molar-refractivity contribution in [1.82, 2.24) is 0 Å². The van der Waals surface area contributed by atoms with Gasteiger partial charge < -0.3 is 4.48 Å². The lowest BCUT2D eigenvalue weighted by atomic mass is 9.85. The predicted octanol–water partition coefficient (Wildman–Crippen LogP) is 6.83. The van der Waals surface area contributed by atoms with E-state index in [1.54, 1.807) is 0 Å². The molecular weight excluding hydrogens is 386 g/mol. The summed E-state index contributed by atoms with van der Waals surface area (Å²) in [4.78, 5) is 0. The minimum atomic E-state index is 0.984. The molecule has 0 radical (unpaired) electrons. The highest BCUT2D eigenvalue weighted by atomic mass is 15.3. The van der Waals surface area contributed by atoms with E-state index in [0.29, 0.717) is 0 Å². The van der Waals surface area contributed by atoms with Crippen LogP contribution in [-0.4, -0.2) is 25.1 Å². The maximum atomic E-state index is 2.33. The molecule has 4 aromatic rings. The first-order valence-corrected chi connectivity index (χ1v) is 11.4. The molecule has 8 rings (SSSR count). The van der Waals surface area contributed by atoms with Gasteiger partial charge in [-0.15, -0.1) is 0 Å². The SMILES string of the molecule is C[N+]1(C)CCc2ccc(cc2)/C(c2ccccc2)=C(\c2ccccc2)c2ccc(cc2)C1. The van der Waals surface area contributed by atoms with Crippen molar-refractivity contribution < 1.29 is 4.48 Å². The number of rotatable bonds is 2. The van der Waals surface area contributed by atoms with Gasteiger partial charge in [-0.2, -0.15) is 0 Å². The topological polar surface area (TPSA) is 0 Å². The fourth-order valence-electron chi connectivity index (χ4n) is 4.74. The Morgan fingerprint density at radius 2 is 0.875 bits per heavy atom. The third-order valence-electron chi connectivity index (χ3n) is 6.48. The van der Waals surface area contributed by atoms with E-state index in [1.807, 2.05) is 0 Å². The summed E-state index contributed by atoms with van der Waals surface area (Å²) in [6.07, 6.45) is 1.08. The maximum absolute atomic E-state index is 2.33. The predicted molar refractivity (Wildman–Crippen MR) is 135 cm³/mol. The second-order valence-corrected chi connectivity index (χ2v) is 9.44. The van der Waals surface area contributed by atoms with Gasteiger partial charge >= 0.3 is 0 Å². The Kier molecular flexibility index (Phi) is 5.51. The van der Waals surface area contributed by atoms with Gasteiger partial charge in [0.1, 0.15) is 6.54 Å². The molecule has 4 aliphatic rings. The maximum Gasteiger partial charge on any atom is 0.104 e. The number of benzene rings is 4. The summed E-state index contributed by atoms with van der Waals surface area (Å²) in [6, 6.07) is 40.1. The molecule has 1 heteroatoms. The average Bonchev–Trinajstić information content (AvgIpc) is 2.83. The molecule has 0 saturated heterocycles. The summed E-state index contributed by atoms with van der Waals surface area (Å²) < 4.78 is 0.984. The monoisotopic (exact) mass is 416 g/mol. The zero-order chi connectivity index (χ0) is 22.0. The molecule has 4 aliphatic heterocycles. The summed E-state index contributed by atoms with van der Waals surface area (Å²) in [5.41, 5.74) is 10.3. The summed E-state index contributed by atoms with van der Waals surface area (Å²) in [7, 11) is 4.66. The lowest BCUT2D eigenvalue weighted by Crippen LogP contribution is -2.40. The second-order valence-electron chi connectivity index (χ2n) is 9.44. The highest BCUT2D eigenvalue weighted by molar-refractivity contribution is 6.04. The van der Waals surface area contributed by atoms with Gasteiger partial charge in [0.15, 0.2) is 0 Å². The van der Waals surface area contributed by atoms with Crippen LogP contribution in [0.15, 0.2) is 109 Å². The van der Waals surface area contributed by atoms with Gasteiger partial charge in [-0.25, -0.2) is 0 Å². The first-order valence-electron chi connectivity index (χ1n) is 11.4. The van der Waals surface area contributed by atoms with Crippen LogP contribution in [-0.2, 0) is 13.0 Å². The highest BCUT2D eigenvalue weighted by Crippen LogP contribution is 2.37. The van der Waals surface area contributed by atoms with Crippen LogP contribution < -0.4 is 0 Å². The quantitative estimate of drug-likeness (QED) is 0.314. The van der Waals surface area contributed by atoms with Crippen molar-refractivity contribution in [3.05, 3.63) is 143 Å². The fourth-order valence-corrected chi connectivity index (χ4v) is 4.74. The van der Waals surface area contributed by atoms with E-state index in [2.05, 4.69) is 123 Å². The Bertz CT molecular complexity index is 1220. The van der Waals surface area contributed by atoms with E-state index in [0.717, 1.165) is 24.0 Å². The molecule has 0 saturated carbocycles. The Balaban J connectivity index is 1.83. The van der Waals surface area contributed by atoms with Crippen LogP contribution in [0.5, 0.6) is 0 Å². The van der Waals surface area contributed by atoms with Gasteiger partial charge in [0, 0.05) is 12.0 Å². The van der Waals surface area contributed by atoms with E-state index < -0.39 is 0 Å². The van der Waals surface area contributed by atoms with Gasteiger partial charge in [0.2, 0.25) is 0 Å². The van der Waals surface area contributed by atoms with Gasteiger partial charge in [-0.3, -0.25) is 0 Å². The van der Waals surface area contributed by atoms with Crippen LogP contribution in [0.2, 0.25) is 0 Å². The van der Waals surface area contributed by atoms with Crippen molar-refractivity contribution in [3.63, 3.8) is 0 Å². The van der Waals surface area contributed by atoms with Crippen molar-refractivity contribution in [2.45, 2.75) is 13.0 Å². The standard InChI is InChI=1S/C31H30N/c1-32(2)22-21-24-13-17-28(18-14-24)30(26-9-5-3-6-10-26)31(27-11-7-4-8-12-27)29-19-15-25(23-32)16-20-29/h3-20H,21-23H2,1-2H3/q+1/b31-30+. The molecule has 158 valence electrons. The molecule has 4 heterocycles. The molecule has 32 heavy (non-hydrogen) atoms. The van der Waals surface area contributed by atoms with Crippen LogP contribution in [0.4, 0.5) is 0 Å². The first kappa shape index (κ1) is 20.5. The van der Waals surface area contributed by atoms with Crippen LogP contribution in [0, 0.1) is 0 Å². The van der Waals surface area contributed by atoms with E-state index in [9.17, 15) is 0 Å². The van der Waals surface area contributed by atoms with Crippen molar-refractivity contribution in [2.24, 2.45) is 0 Å². The number of hydrogen-bond donors (Lipinski definition) is 0. The third-order valence-corrected chi connectivity index (χ3v) is 6.48. The molecule has 0 atom stereocenters. The molecule has 0 unspecified atom stereocenters. The van der Waals surface area contributed by atoms with Crippen molar-refractivity contribution >= 4 is 11.1 Å². The first-order chi connectivity index (χ1) is 15.6. The Morgan fingerprint density at radius 3 is 1.34 bits per heavy atom. The number of quaternary nitrogens is 1. The minimum absolute atomic E-state index is 0.984. The van der Waals surface area contributed by atoms with Crippen LogP contribution in [0.25, 0.3) is 11.1 Å². The third kappa shape index (κ3) is 4.30. The molecule has 0 aromatic heterocycles. The van der Waals surface area contributed by atoms with Crippen molar-refractivity contribution in [1.29, 1.82) is 0 Å². The lowest BCUT2D eigenvalue weighted by molar-refractivity contribution is -0.903. The number of likely N-dealkylation sites (N-methyl/N-ethyl adjacent to an activating group) is 1. The molecular formula is C31H30N+. The van der Waals surface area contributed by atoms with E-state index in [1.165, 1.54) is 44.5 Å². The van der Waals surface area contributed by atoms with Gasteiger partial charge in [0.25, 0.3) is 0 Å². The van der Waals surface area contributed by atoms with Crippen LogP contribution in [0.3, 0.4) is 0 Å². The molecule has 0 amide bonds. The van der Waals surface area contributed by atoms with E-state index in [-0.39, 0.29) is 0 Å². The largest absolute Gasteiger partial charge is 0.324 e. The van der Waals surface area contributed by atoms with Crippen molar-refractivity contribution in [2.75, 3.05) is 20.6 Å². The summed E-state index contributed by atoms with van der Waals surface area (Å²) in [5.74, 6) is 0. The van der Waals surface area contributed by atoms with Crippen molar-refractivity contribution in [3.8, 4) is 0 Å². The second kappa shape index (κ2) is 8.61. The Hall–Kier alpha value is -3.42. The minimum Gasteiger partial charge on any atom is -0.324 e. The van der Waals surface area contributed by atoms with Crippen LogP contribution >= 0.6 is 0 Å². The van der Waals surface area contributed by atoms with E-state index >= 15 is 0 Å². The molecule has 4 aromatic carbocycles. The lowest BCUT2D eigenvalue weighted by Gasteiger charge is -2.30. The molecule has 0 N–H and O–H groups in total. The van der Waals surface area contributed by atoms with Gasteiger partial charge in [0.05, 0.1) is 20.6 Å².